The van der Waals surface area contributed by atoms with E-state index in [1.54, 1.807) is 21.1 Å². The molecule has 23 heavy (non-hydrogen) atoms. The van der Waals surface area contributed by atoms with Crippen LogP contribution >= 0.6 is 0 Å². The van der Waals surface area contributed by atoms with Gasteiger partial charge in [-0.25, -0.2) is 0 Å². The SMILES string of the molecule is CN(C)C(=O)CNC(=O)c1cc(NC(=O)C2CCCC2)n(C)n1. The number of nitrogens with one attached hydrogen (secondary N) is 2. The summed E-state index contributed by atoms with van der Waals surface area (Å²) in [5.41, 5.74) is 0.167. The molecule has 2 rings (SSSR count). The predicted octanol–water partition coefficient (Wildman–Crippen LogP) is 0.367. The number of hydrogen-bond acceptors (Lipinski definition) is 4. The Morgan fingerprint density at radius 3 is 2.57 bits per heavy atom. The smallest absolute Gasteiger partial charge is 0.272 e. The standard InChI is InChI=1S/C15H23N5O3/c1-19(2)13(21)9-16-15(23)11-8-12(20(3)18-11)17-14(22)10-6-4-5-7-10/h8,10H,4-7,9H2,1-3H3,(H,16,23)(H,17,22). The number of amides is 3. The Labute approximate surface area is 135 Å². The molecule has 0 atom stereocenters. The molecule has 0 radical (unpaired) electrons. The second-order valence-corrected chi connectivity index (χ2v) is 5.98. The molecule has 1 heterocycles. The van der Waals surface area contributed by atoms with Gasteiger partial charge in [-0.2, -0.15) is 5.10 Å². The average molecular weight is 321 g/mol. The zero-order chi connectivity index (χ0) is 17.0. The second-order valence-electron chi connectivity index (χ2n) is 5.98. The topological polar surface area (TPSA) is 96.3 Å². The number of likely N-dealkylation sites (N-methyl/N-ethyl adjacent to an activating group) is 1. The number of carbonyl (C=O) groups is 3. The predicted molar refractivity (Wildman–Crippen MR) is 84.8 cm³/mol. The number of hydrogen-bond donors (Lipinski definition) is 2. The lowest BCUT2D eigenvalue weighted by Gasteiger charge is -2.10. The molecule has 0 bridgehead atoms. The van der Waals surface area contributed by atoms with Crippen molar-refractivity contribution in [3.63, 3.8) is 0 Å². The van der Waals surface area contributed by atoms with Crippen LogP contribution in [0.4, 0.5) is 5.82 Å². The third-order valence-corrected chi connectivity index (χ3v) is 3.99. The summed E-state index contributed by atoms with van der Waals surface area (Å²) in [6.07, 6.45) is 3.97. The highest BCUT2D eigenvalue weighted by molar-refractivity contribution is 5.97. The van der Waals surface area contributed by atoms with Crippen molar-refractivity contribution >= 4 is 23.5 Å². The molecular formula is C15H23N5O3. The summed E-state index contributed by atoms with van der Waals surface area (Å²) in [6, 6.07) is 1.52. The average Bonchev–Trinajstić information content (AvgIpc) is 3.15. The fraction of sp³-hybridized carbons (Fsp3) is 0.600. The van der Waals surface area contributed by atoms with E-state index in [4.69, 9.17) is 0 Å². The van der Waals surface area contributed by atoms with Gasteiger partial charge in [0.15, 0.2) is 5.69 Å². The minimum atomic E-state index is -0.447. The number of anilines is 1. The molecule has 1 fully saturated rings. The van der Waals surface area contributed by atoms with E-state index in [0.29, 0.717) is 5.82 Å². The largest absolute Gasteiger partial charge is 0.347 e. The van der Waals surface area contributed by atoms with Crippen LogP contribution in [0, 0.1) is 5.92 Å². The Hall–Kier alpha value is -2.38. The number of nitrogens with zero attached hydrogens (tertiary/aromatic N) is 3. The van der Waals surface area contributed by atoms with Crippen LogP contribution in [0.3, 0.4) is 0 Å². The molecule has 1 aromatic rings. The first-order valence-corrected chi connectivity index (χ1v) is 7.71. The minimum absolute atomic E-state index is 0.0276. The lowest BCUT2D eigenvalue weighted by Crippen LogP contribution is -2.36. The van der Waals surface area contributed by atoms with Crippen molar-refractivity contribution in [2.75, 3.05) is 26.0 Å². The van der Waals surface area contributed by atoms with Gasteiger partial charge in [0.05, 0.1) is 6.54 Å². The van der Waals surface area contributed by atoms with E-state index in [1.165, 1.54) is 15.6 Å². The van der Waals surface area contributed by atoms with E-state index in [1.807, 2.05) is 0 Å². The fourth-order valence-corrected chi connectivity index (χ4v) is 2.52. The Morgan fingerprint density at radius 2 is 1.96 bits per heavy atom. The van der Waals surface area contributed by atoms with Crippen LogP contribution in [-0.4, -0.2) is 53.0 Å². The minimum Gasteiger partial charge on any atom is -0.347 e. The Balaban J connectivity index is 1.95. The molecule has 1 saturated carbocycles. The van der Waals surface area contributed by atoms with E-state index in [9.17, 15) is 14.4 Å². The first-order chi connectivity index (χ1) is 10.9. The summed E-state index contributed by atoms with van der Waals surface area (Å²) in [5.74, 6) is -0.160. The normalized spacial score (nSPS) is 14.6. The first kappa shape index (κ1) is 17.0. The van der Waals surface area contributed by atoms with Gasteiger partial charge in [0.25, 0.3) is 5.91 Å². The third-order valence-electron chi connectivity index (χ3n) is 3.99. The van der Waals surface area contributed by atoms with Crippen LogP contribution in [0.1, 0.15) is 36.2 Å². The summed E-state index contributed by atoms with van der Waals surface area (Å²) in [6.45, 7) is -0.0911. The van der Waals surface area contributed by atoms with Crippen molar-refractivity contribution in [1.29, 1.82) is 0 Å². The first-order valence-electron chi connectivity index (χ1n) is 7.71. The van der Waals surface area contributed by atoms with Gasteiger partial charge in [-0.1, -0.05) is 12.8 Å². The molecule has 0 aliphatic heterocycles. The lowest BCUT2D eigenvalue weighted by atomic mass is 10.1. The van der Waals surface area contributed by atoms with Gasteiger partial charge in [-0.15, -0.1) is 0 Å². The molecule has 3 amide bonds. The van der Waals surface area contributed by atoms with Crippen LogP contribution in [0.5, 0.6) is 0 Å². The molecule has 8 nitrogen and oxygen atoms in total. The van der Waals surface area contributed by atoms with E-state index in [-0.39, 0.29) is 30.0 Å². The molecule has 0 spiro atoms. The number of aryl methyl sites for hydroxylation is 1. The van der Waals surface area contributed by atoms with Crippen LogP contribution in [0.2, 0.25) is 0 Å². The second kappa shape index (κ2) is 7.26. The molecule has 0 aromatic carbocycles. The zero-order valence-electron chi connectivity index (χ0n) is 13.8. The van der Waals surface area contributed by atoms with Gasteiger partial charge in [0.1, 0.15) is 5.82 Å². The van der Waals surface area contributed by atoms with Crippen molar-refractivity contribution in [1.82, 2.24) is 20.0 Å². The Morgan fingerprint density at radius 1 is 1.30 bits per heavy atom. The highest BCUT2D eigenvalue weighted by Crippen LogP contribution is 2.26. The van der Waals surface area contributed by atoms with Gasteiger partial charge in [0, 0.05) is 33.1 Å². The van der Waals surface area contributed by atoms with E-state index in [0.717, 1.165) is 25.7 Å². The summed E-state index contributed by atoms with van der Waals surface area (Å²) in [4.78, 5) is 37.0. The molecule has 126 valence electrons. The lowest BCUT2D eigenvalue weighted by molar-refractivity contribution is -0.127. The Bertz CT molecular complexity index is 602. The molecule has 1 aliphatic carbocycles. The van der Waals surface area contributed by atoms with Crippen molar-refractivity contribution in [2.24, 2.45) is 13.0 Å². The molecule has 1 aromatic heterocycles. The van der Waals surface area contributed by atoms with Crippen LogP contribution in [0.25, 0.3) is 0 Å². The quantitative estimate of drug-likeness (QED) is 0.819. The number of carbonyl (C=O) groups excluding carboxylic acids is 3. The molecule has 8 heteroatoms. The van der Waals surface area contributed by atoms with Gasteiger partial charge >= 0.3 is 0 Å². The van der Waals surface area contributed by atoms with Crippen LogP contribution in [0.15, 0.2) is 6.07 Å². The summed E-state index contributed by atoms with van der Waals surface area (Å²) in [7, 11) is 4.89. The van der Waals surface area contributed by atoms with Crippen LogP contribution < -0.4 is 10.6 Å². The maximum Gasteiger partial charge on any atom is 0.272 e. The molecule has 0 saturated heterocycles. The van der Waals surface area contributed by atoms with Crippen molar-refractivity contribution < 1.29 is 14.4 Å². The molecular weight excluding hydrogens is 298 g/mol. The van der Waals surface area contributed by atoms with Crippen molar-refractivity contribution in [3.8, 4) is 0 Å². The summed E-state index contributed by atoms with van der Waals surface area (Å²) < 4.78 is 1.45. The highest BCUT2D eigenvalue weighted by Gasteiger charge is 2.24. The third kappa shape index (κ3) is 4.30. The van der Waals surface area contributed by atoms with Crippen LogP contribution in [-0.2, 0) is 16.6 Å². The maximum atomic E-state index is 12.1. The monoisotopic (exact) mass is 321 g/mol. The van der Waals surface area contributed by atoms with E-state index >= 15 is 0 Å². The van der Waals surface area contributed by atoms with E-state index in [2.05, 4.69) is 15.7 Å². The zero-order valence-corrected chi connectivity index (χ0v) is 13.8. The van der Waals surface area contributed by atoms with Crippen molar-refractivity contribution in [3.05, 3.63) is 11.8 Å². The summed E-state index contributed by atoms with van der Waals surface area (Å²) in [5, 5.41) is 9.41. The Kier molecular flexibility index (Phi) is 5.36. The van der Waals surface area contributed by atoms with Gasteiger partial charge in [0.2, 0.25) is 11.8 Å². The highest BCUT2D eigenvalue weighted by atomic mass is 16.2. The van der Waals surface area contributed by atoms with Gasteiger partial charge in [-0.05, 0) is 12.8 Å². The van der Waals surface area contributed by atoms with Crippen molar-refractivity contribution in [2.45, 2.75) is 25.7 Å². The number of rotatable bonds is 5. The molecule has 1 aliphatic rings. The van der Waals surface area contributed by atoms with E-state index < -0.39 is 5.91 Å². The summed E-state index contributed by atoms with van der Waals surface area (Å²) >= 11 is 0. The molecule has 0 unspecified atom stereocenters. The molecule has 2 N–H and O–H groups in total. The van der Waals surface area contributed by atoms with Gasteiger partial charge < -0.3 is 15.5 Å². The van der Waals surface area contributed by atoms with Gasteiger partial charge in [-0.3, -0.25) is 19.1 Å². The maximum absolute atomic E-state index is 12.1. The fourth-order valence-electron chi connectivity index (χ4n) is 2.52. The number of aromatic nitrogens is 2.